The summed E-state index contributed by atoms with van der Waals surface area (Å²) in [6.07, 6.45) is 0.989. The van der Waals surface area contributed by atoms with Gasteiger partial charge in [0.15, 0.2) is 5.75 Å². The molecule has 0 aliphatic carbocycles. The highest BCUT2D eigenvalue weighted by Crippen LogP contribution is 2.31. The minimum atomic E-state index is -0.732. The Kier molecular flexibility index (Phi) is 5.51. The van der Waals surface area contributed by atoms with Gasteiger partial charge in [-0.15, -0.1) is 0 Å². The first-order valence-corrected chi connectivity index (χ1v) is 10.5. The summed E-state index contributed by atoms with van der Waals surface area (Å²) in [4.78, 5) is 42.3. The van der Waals surface area contributed by atoms with Crippen LogP contribution in [-0.2, 0) is 19.5 Å². The van der Waals surface area contributed by atoms with E-state index in [1.54, 1.807) is 11.9 Å². The van der Waals surface area contributed by atoms with E-state index >= 15 is 0 Å². The predicted octanol–water partition coefficient (Wildman–Crippen LogP) is 2.66. The second kappa shape index (κ2) is 8.00. The zero-order chi connectivity index (χ0) is 22.4. The zero-order valence-electron chi connectivity index (χ0n) is 17.3. The van der Waals surface area contributed by atoms with E-state index in [1.807, 2.05) is 6.92 Å². The third-order valence-corrected chi connectivity index (χ3v) is 6.30. The quantitative estimate of drug-likeness (QED) is 0.767. The molecule has 31 heavy (non-hydrogen) atoms. The van der Waals surface area contributed by atoms with E-state index in [2.05, 4.69) is 0 Å². The minimum Gasteiger partial charge on any atom is -0.502 e. The van der Waals surface area contributed by atoms with Crippen LogP contribution in [0.4, 0.5) is 4.39 Å². The van der Waals surface area contributed by atoms with Crippen LogP contribution in [0.3, 0.4) is 0 Å². The number of pyridine rings is 1. The lowest BCUT2D eigenvalue weighted by Gasteiger charge is -2.33. The monoisotopic (exact) mass is 447 g/mol. The Morgan fingerprint density at radius 3 is 2.65 bits per heavy atom. The van der Waals surface area contributed by atoms with E-state index in [9.17, 15) is 23.9 Å². The number of benzene rings is 1. The molecule has 0 radical (unpaired) electrons. The average molecular weight is 448 g/mol. The highest BCUT2D eigenvalue weighted by Gasteiger charge is 2.36. The van der Waals surface area contributed by atoms with Crippen molar-refractivity contribution in [2.24, 2.45) is 5.92 Å². The van der Waals surface area contributed by atoms with E-state index < -0.39 is 23.0 Å². The maximum absolute atomic E-state index is 13.4. The van der Waals surface area contributed by atoms with Gasteiger partial charge in [-0.2, -0.15) is 0 Å². The van der Waals surface area contributed by atoms with Crippen LogP contribution in [0, 0.1) is 11.7 Å². The van der Waals surface area contributed by atoms with Crippen molar-refractivity contribution >= 4 is 23.4 Å². The fraction of sp³-hybridized carbons (Fsp3) is 0.409. The number of carbonyl (C=O) groups excluding carboxylic acids is 2. The third kappa shape index (κ3) is 3.69. The molecule has 4 rings (SSSR count). The topological polar surface area (TPSA) is 82.9 Å². The van der Waals surface area contributed by atoms with Gasteiger partial charge in [-0.1, -0.05) is 24.6 Å². The van der Waals surface area contributed by atoms with Gasteiger partial charge >= 0.3 is 0 Å². The van der Waals surface area contributed by atoms with Crippen molar-refractivity contribution in [2.75, 3.05) is 20.1 Å². The summed E-state index contributed by atoms with van der Waals surface area (Å²) in [7, 11) is 1.67. The van der Waals surface area contributed by atoms with E-state index in [4.69, 9.17) is 11.6 Å². The Balaban J connectivity index is 1.77. The van der Waals surface area contributed by atoms with E-state index in [1.165, 1.54) is 27.7 Å². The number of hydrogen-bond donors (Lipinski definition) is 1. The molecule has 0 spiro atoms. The molecule has 0 saturated heterocycles. The molecule has 9 heteroatoms. The van der Waals surface area contributed by atoms with Crippen molar-refractivity contribution in [3.05, 3.63) is 61.8 Å². The first-order chi connectivity index (χ1) is 14.7. The molecule has 1 unspecified atom stereocenters. The van der Waals surface area contributed by atoms with Crippen molar-refractivity contribution in [1.29, 1.82) is 0 Å². The molecule has 1 aromatic heterocycles. The average Bonchev–Trinajstić information content (AvgIpc) is 2.72. The molecule has 2 aromatic rings. The van der Waals surface area contributed by atoms with Crippen molar-refractivity contribution in [3.63, 3.8) is 0 Å². The van der Waals surface area contributed by atoms with Crippen molar-refractivity contribution in [2.45, 2.75) is 32.9 Å². The van der Waals surface area contributed by atoms with Gasteiger partial charge in [0.1, 0.15) is 11.5 Å². The molecule has 164 valence electrons. The summed E-state index contributed by atoms with van der Waals surface area (Å²) in [6.45, 7) is 3.29. The van der Waals surface area contributed by atoms with Gasteiger partial charge in [-0.25, -0.2) is 4.39 Å². The van der Waals surface area contributed by atoms with Crippen LogP contribution in [0.2, 0.25) is 5.02 Å². The smallest absolute Gasteiger partial charge is 0.294 e. The normalized spacial score (nSPS) is 19.0. The lowest BCUT2D eigenvalue weighted by atomic mass is 9.94. The van der Waals surface area contributed by atoms with E-state index in [-0.39, 0.29) is 34.6 Å². The molecular weight excluding hydrogens is 425 g/mol. The zero-order valence-corrected chi connectivity index (χ0v) is 18.1. The van der Waals surface area contributed by atoms with Gasteiger partial charge in [0.05, 0.1) is 10.6 Å². The number of halogens is 2. The lowest BCUT2D eigenvalue weighted by Crippen LogP contribution is -2.44. The second-order valence-electron chi connectivity index (χ2n) is 8.31. The molecule has 1 aromatic carbocycles. The molecule has 2 amide bonds. The number of amides is 2. The van der Waals surface area contributed by atoms with Crippen LogP contribution in [-0.4, -0.2) is 51.4 Å². The van der Waals surface area contributed by atoms with Crippen LogP contribution in [0.15, 0.2) is 23.0 Å². The SMILES string of the molecule is CC1CCn2c(c3c(c(O)c2=O)C(=O)N(Cc2ccc(F)c(Cl)c2)CC3)C(=O)N(C)C1. The van der Waals surface area contributed by atoms with Gasteiger partial charge in [0, 0.05) is 38.8 Å². The van der Waals surface area contributed by atoms with Crippen molar-refractivity contribution in [3.8, 4) is 5.75 Å². The lowest BCUT2D eigenvalue weighted by molar-refractivity contribution is 0.0712. The summed E-state index contributed by atoms with van der Waals surface area (Å²) < 4.78 is 14.8. The Hall–Kier alpha value is -2.87. The first-order valence-electron chi connectivity index (χ1n) is 10.2. The number of nitrogens with zero attached hydrogens (tertiary/aromatic N) is 3. The number of hydrogen-bond acceptors (Lipinski definition) is 4. The fourth-order valence-electron chi connectivity index (χ4n) is 4.38. The summed E-state index contributed by atoms with van der Waals surface area (Å²) in [5.74, 6) is -1.85. The minimum absolute atomic E-state index is 0.0484. The molecule has 0 bridgehead atoms. The van der Waals surface area contributed by atoms with Crippen LogP contribution < -0.4 is 5.56 Å². The number of aromatic hydroxyl groups is 1. The largest absolute Gasteiger partial charge is 0.502 e. The molecule has 7 nitrogen and oxygen atoms in total. The van der Waals surface area contributed by atoms with Gasteiger partial charge in [-0.05, 0) is 36.5 Å². The van der Waals surface area contributed by atoms with Crippen LogP contribution in [0.1, 0.15) is 45.3 Å². The molecule has 1 N–H and O–H groups in total. The van der Waals surface area contributed by atoms with Gasteiger partial charge < -0.3 is 19.5 Å². The van der Waals surface area contributed by atoms with E-state index in [0.717, 1.165) is 0 Å². The Labute approximate surface area is 183 Å². The summed E-state index contributed by atoms with van der Waals surface area (Å²) in [5, 5.41) is 10.6. The molecule has 2 aliphatic rings. The number of aromatic nitrogens is 1. The summed E-state index contributed by atoms with van der Waals surface area (Å²) in [5.41, 5.74) is 0.359. The van der Waals surface area contributed by atoms with Gasteiger partial charge in [0.2, 0.25) is 0 Å². The van der Waals surface area contributed by atoms with Crippen LogP contribution >= 0.6 is 11.6 Å². The molecule has 0 fully saturated rings. The maximum Gasteiger partial charge on any atom is 0.294 e. The highest BCUT2D eigenvalue weighted by atomic mass is 35.5. The molecular formula is C22H23ClFN3O4. The summed E-state index contributed by atoms with van der Waals surface area (Å²) in [6, 6.07) is 4.19. The first kappa shape index (κ1) is 21.4. The van der Waals surface area contributed by atoms with Crippen molar-refractivity contribution < 1.29 is 19.1 Å². The summed E-state index contributed by atoms with van der Waals surface area (Å²) >= 11 is 5.84. The van der Waals surface area contributed by atoms with E-state index in [0.29, 0.717) is 43.6 Å². The molecule has 1 atom stereocenters. The standard InChI is InChI=1S/C22H23ClFN3O4/c1-12-5-8-27-18(21(30)25(2)10-12)14-6-7-26(20(29)17(14)19(28)22(27)31)11-13-3-4-16(24)15(23)9-13/h3-4,9,12,28H,5-8,10-11H2,1-2H3. The molecule has 0 saturated carbocycles. The molecule has 2 aliphatic heterocycles. The number of rotatable bonds is 2. The number of fused-ring (bicyclic) bond motifs is 3. The maximum atomic E-state index is 13.4. The van der Waals surface area contributed by atoms with Crippen LogP contribution in [0.5, 0.6) is 5.75 Å². The van der Waals surface area contributed by atoms with Gasteiger partial charge in [0.25, 0.3) is 17.4 Å². The Morgan fingerprint density at radius 1 is 1.19 bits per heavy atom. The van der Waals surface area contributed by atoms with Crippen LogP contribution in [0.25, 0.3) is 0 Å². The molecule has 3 heterocycles. The fourth-order valence-corrected chi connectivity index (χ4v) is 4.58. The Morgan fingerprint density at radius 2 is 1.94 bits per heavy atom. The third-order valence-electron chi connectivity index (χ3n) is 6.01. The number of carbonyl (C=O) groups is 2. The van der Waals surface area contributed by atoms with Crippen molar-refractivity contribution in [1.82, 2.24) is 14.4 Å². The predicted molar refractivity (Wildman–Crippen MR) is 113 cm³/mol. The second-order valence-corrected chi connectivity index (χ2v) is 8.72. The van der Waals surface area contributed by atoms with Gasteiger partial charge in [-0.3, -0.25) is 14.4 Å². The Bertz CT molecular complexity index is 1150. The highest BCUT2D eigenvalue weighted by molar-refractivity contribution is 6.30.